The fourth-order valence-electron chi connectivity index (χ4n) is 1.71. The molecule has 0 spiro atoms. The van der Waals surface area contributed by atoms with Crippen LogP contribution in [0, 0.1) is 11.7 Å². The lowest BCUT2D eigenvalue weighted by atomic mass is 10.1. The number of rotatable bonds is 5. The molecule has 0 aromatic heterocycles. The van der Waals surface area contributed by atoms with E-state index in [9.17, 15) is 14.0 Å². The lowest BCUT2D eigenvalue weighted by Gasteiger charge is -2.23. The van der Waals surface area contributed by atoms with Gasteiger partial charge in [0, 0.05) is 12.2 Å². The second-order valence-corrected chi connectivity index (χ2v) is 4.70. The first-order valence-electron chi connectivity index (χ1n) is 5.87. The first-order chi connectivity index (χ1) is 8.81. The number of halogens is 1. The Morgan fingerprint density at radius 3 is 2.58 bits per heavy atom. The van der Waals surface area contributed by atoms with Gasteiger partial charge >= 0.3 is 5.97 Å². The van der Waals surface area contributed by atoms with Crippen molar-refractivity contribution in [2.24, 2.45) is 5.92 Å². The number of nitrogens with zero attached hydrogens (tertiary/aromatic N) is 1. The van der Waals surface area contributed by atoms with Crippen molar-refractivity contribution in [2.45, 2.75) is 13.8 Å². The van der Waals surface area contributed by atoms with Crippen LogP contribution in [0.5, 0.6) is 0 Å². The Bertz CT molecular complexity index is 489. The molecule has 6 heteroatoms. The van der Waals surface area contributed by atoms with Gasteiger partial charge in [0.2, 0.25) is 0 Å². The van der Waals surface area contributed by atoms with Gasteiger partial charge in [-0.2, -0.15) is 0 Å². The van der Waals surface area contributed by atoms with Crippen molar-refractivity contribution in [1.29, 1.82) is 0 Å². The highest BCUT2D eigenvalue weighted by Crippen LogP contribution is 2.16. The van der Waals surface area contributed by atoms with E-state index in [0.717, 1.165) is 17.0 Å². The summed E-state index contributed by atoms with van der Waals surface area (Å²) in [5.74, 6) is -2.19. The van der Waals surface area contributed by atoms with Crippen molar-refractivity contribution < 1.29 is 19.1 Å². The zero-order valence-electron chi connectivity index (χ0n) is 10.9. The fraction of sp³-hybridized carbons (Fsp3) is 0.385. The normalized spacial score (nSPS) is 10.5. The van der Waals surface area contributed by atoms with Gasteiger partial charge in [-0.1, -0.05) is 13.8 Å². The zero-order chi connectivity index (χ0) is 14.6. The second-order valence-electron chi connectivity index (χ2n) is 4.70. The second kappa shape index (κ2) is 6.17. The number of carbonyl (C=O) groups is 2. The van der Waals surface area contributed by atoms with E-state index in [0.29, 0.717) is 0 Å². The van der Waals surface area contributed by atoms with Crippen molar-refractivity contribution in [3.8, 4) is 0 Å². The lowest BCUT2D eigenvalue weighted by molar-refractivity contribution is -0.137. The third-order valence-corrected chi connectivity index (χ3v) is 2.44. The predicted molar refractivity (Wildman–Crippen MR) is 69.2 cm³/mol. The molecule has 0 aliphatic heterocycles. The van der Waals surface area contributed by atoms with Crippen molar-refractivity contribution in [3.05, 3.63) is 29.6 Å². The largest absolute Gasteiger partial charge is 0.480 e. The Balaban J connectivity index is 3.03. The summed E-state index contributed by atoms with van der Waals surface area (Å²) in [6.45, 7) is 3.54. The average molecular weight is 268 g/mol. The number of carbonyl (C=O) groups excluding carboxylic acids is 1. The Kier molecular flexibility index (Phi) is 4.86. The summed E-state index contributed by atoms with van der Waals surface area (Å²) in [7, 11) is 0. The molecule has 0 fully saturated rings. The van der Waals surface area contributed by atoms with E-state index < -0.39 is 24.2 Å². The van der Waals surface area contributed by atoms with E-state index >= 15 is 0 Å². The number of amides is 1. The summed E-state index contributed by atoms with van der Waals surface area (Å²) >= 11 is 0. The highest BCUT2D eigenvalue weighted by atomic mass is 19.1. The predicted octanol–water partition coefficient (Wildman–Crippen LogP) is 1.59. The molecule has 104 valence electrons. The van der Waals surface area contributed by atoms with Crippen LogP contribution in [0.25, 0.3) is 0 Å². The molecule has 0 bridgehead atoms. The molecule has 0 radical (unpaired) electrons. The quantitative estimate of drug-likeness (QED) is 0.794. The maximum Gasteiger partial charge on any atom is 0.323 e. The maximum absolute atomic E-state index is 13.2. The van der Waals surface area contributed by atoms with Crippen molar-refractivity contribution in [3.63, 3.8) is 0 Å². The Morgan fingerprint density at radius 1 is 1.42 bits per heavy atom. The van der Waals surface area contributed by atoms with E-state index in [1.165, 1.54) is 6.07 Å². The monoisotopic (exact) mass is 268 g/mol. The van der Waals surface area contributed by atoms with Crippen LogP contribution in [0.15, 0.2) is 18.2 Å². The number of hydrogen-bond acceptors (Lipinski definition) is 3. The average Bonchev–Trinajstić information content (AvgIpc) is 2.29. The molecule has 1 amide bonds. The molecule has 0 saturated heterocycles. The summed E-state index contributed by atoms with van der Waals surface area (Å²) in [6, 6.07) is 3.46. The van der Waals surface area contributed by atoms with Gasteiger partial charge in [-0.15, -0.1) is 0 Å². The molecule has 1 rings (SSSR count). The Morgan fingerprint density at radius 2 is 2.05 bits per heavy atom. The van der Waals surface area contributed by atoms with Gasteiger partial charge in [0.25, 0.3) is 5.91 Å². The molecule has 0 aliphatic rings. The topological polar surface area (TPSA) is 83.6 Å². The summed E-state index contributed by atoms with van der Waals surface area (Å²) < 4.78 is 13.2. The number of anilines is 1. The van der Waals surface area contributed by atoms with Crippen LogP contribution in [0.1, 0.15) is 24.2 Å². The number of nitrogens with two attached hydrogens (primary N) is 1. The van der Waals surface area contributed by atoms with Crippen LogP contribution in [-0.4, -0.2) is 35.0 Å². The molecule has 0 heterocycles. The van der Waals surface area contributed by atoms with Crippen LogP contribution >= 0.6 is 0 Å². The van der Waals surface area contributed by atoms with Crippen molar-refractivity contribution in [1.82, 2.24) is 4.90 Å². The summed E-state index contributed by atoms with van der Waals surface area (Å²) in [6.07, 6.45) is 0. The van der Waals surface area contributed by atoms with E-state index in [2.05, 4.69) is 0 Å². The van der Waals surface area contributed by atoms with Crippen LogP contribution < -0.4 is 5.73 Å². The standard InChI is InChI=1S/C13H17FN2O3/c1-8(2)6-16(7-12(17)18)13(19)10-5-9(14)3-4-11(10)15/h3-5,8H,6-7,15H2,1-2H3,(H,17,18). The van der Waals surface area contributed by atoms with E-state index in [-0.39, 0.29) is 23.7 Å². The number of carboxylic acids is 1. The molecule has 19 heavy (non-hydrogen) atoms. The Hall–Kier alpha value is -2.11. The molecule has 3 N–H and O–H groups in total. The first kappa shape index (κ1) is 14.9. The molecule has 0 saturated carbocycles. The van der Waals surface area contributed by atoms with Gasteiger partial charge in [0.1, 0.15) is 12.4 Å². The molecule has 1 aromatic carbocycles. The number of benzene rings is 1. The SMILES string of the molecule is CC(C)CN(CC(=O)O)C(=O)c1cc(F)ccc1N. The van der Waals surface area contributed by atoms with E-state index in [4.69, 9.17) is 10.8 Å². The van der Waals surface area contributed by atoms with Gasteiger partial charge < -0.3 is 15.7 Å². The Labute approximate surface area is 110 Å². The minimum atomic E-state index is -1.12. The number of nitrogen functional groups attached to an aromatic ring is 1. The van der Waals surface area contributed by atoms with Gasteiger partial charge in [0.05, 0.1) is 5.56 Å². The first-order valence-corrected chi connectivity index (χ1v) is 5.87. The third kappa shape index (κ3) is 4.24. The van der Waals surface area contributed by atoms with E-state index in [1.807, 2.05) is 13.8 Å². The smallest absolute Gasteiger partial charge is 0.323 e. The summed E-state index contributed by atoms with van der Waals surface area (Å²) in [4.78, 5) is 24.1. The van der Waals surface area contributed by atoms with Crippen LogP contribution in [0.3, 0.4) is 0 Å². The van der Waals surface area contributed by atoms with Crippen LogP contribution in [0.2, 0.25) is 0 Å². The molecule has 5 nitrogen and oxygen atoms in total. The van der Waals surface area contributed by atoms with Gasteiger partial charge in [-0.3, -0.25) is 9.59 Å². The maximum atomic E-state index is 13.2. The van der Waals surface area contributed by atoms with Gasteiger partial charge in [-0.05, 0) is 24.1 Å². The molecular formula is C13H17FN2O3. The molecule has 0 atom stereocenters. The molecular weight excluding hydrogens is 251 g/mol. The van der Waals surface area contributed by atoms with Crippen molar-refractivity contribution in [2.75, 3.05) is 18.8 Å². The number of hydrogen-bond donors (Lipinski definition) is 2. The molecule has 0 unspecified atom stereocenters. The highest BCUT2D eigenvalue weighted by Gasteiger charge is 2.21. The van der Waals surface area contributed by atoms with E-state index in [1.54, 1.807) is 0 Å². The minimum Gasteiger partial charge on any atom is -0.480 e. The minimum absolute atomic E-state index is 0.0121. The van der Waals surface area contributed by atoms with Gasteiger partial charge in [-0.25, -0.2) is 4.39 Å². The van der Waals surface area contributed by atoms with Crippen LogP contribution in [-0.2, 0) is 4.79 Å². The van der Waals surface area contributed by atoms with Gasteiger partial charge in [0.15, 0.2) is 0 Å². The fourth-order valence-corrected chi connectivity index (χ4v) is 1.71. The highest BCUT2D eigenvalue weighted by molar-refractivity contribution is 6.00. The number of aliphatic carboxylic acids is 1. The summed E-state index contributed by atoms with van der Waals surface area (Å²) in [5, 5.41) is 8.82. The zero-order valence-corrected chi connectivity index (χ0v) is 10.9. The van der Waals surface area contributed by atoms with Crippen molar-refractivity contribution >= 4 is 17.6 Å². The third-order valence-electron chi connectivity index (χ3n) is 2.44. The van der Waals surface area contributed by atoms with Crippen LogP contribution in [0.4, 0.5) is 10.1 Å². The molecule has 1 aromatic rings. The summed E-state index contributed by atoms with van der Waals surface area (Å²) in [5.41, 5.74) is 5.75. The number of carboxylic acid groups (broad SMARTS) is 1. The molecule has 0 aliphatic carbocycles. The lowest BCUT2D eigenvalue weighted by Crippen LogP contribution is -2.38.